The predicted octanol–water partition coefficient (Wildman–Crippen LogP) is 0.497. The van der Waals surface area contributed by atoms with E-state index in [0.717, 1.165) is 24.3 Å². The van der Waals surface area contributed by atoms with Crippen LogP contribution in [0, 0.1) is 0 Å². The van der Waals surface area contributed by atoms with Crippen molar-refractivity contribution in [2.75, 3.05) is 27.9 Å². The second kappa shape index (κ2) is 5.65. The second-order valence-electron chi connectivity index (χ2n) is 4.18. The molecule has 1 heterocycles. The van der Waals surface area contributed by atoms with Gasteiger partial charge in [-0.3, -0.25) is 0 Å². The molecule has 0 amide bonds. The molecule has 0 aromatic heterocycles. The molecule has 5 heteroatoms. The largest absolute Gasteiger partial charge is 0.613 e. The van der Waals surface area contributed by atoms with Gasteiger partial charge < -0.3 is 19.3 Å². The van der Waals surface area contributed by atoms with Gasteiger partial charge in [0.15, 0.2) is 30.5 Å². The third kappa shape index (κ3) is 2.81. The molecule has 102 valence electrons. The molecule has 1 aliphatic rings. The zero-order valence-corrected chi connectivity index (χ0v) is 11.3. The van der Waals surface area contributed by atoms with Gasteiger partial charge in [0.2, 0.25) is 0 Å². The Balaban J connectivity index is 2.39. The summed E-state index contributed by atoms with van der Waals surface area (Å²) in [6, 6.07) is 3.88. The van der Waals surface area contributed by atoms with E-state index in [-0.39, 0.29) is 5.95 Å². The first-order chi connectivity index (χ1) is 9.17. The third-order valence-corrected chi connectivity index (χ3v) is 3.06. The lowest BCUT2D eigenvalue weighted by molar-refractivity contribution is -0.472. The SMILES string of the molecule is CO/C([O-])=C/[N+]1=Cc2cc(OC)c(OC)cc2CC1. The van der Waals surface area contributed by atoms with E-state index >= 15 is 0 Å². The average Bonchev–Trinajstić information content (AvgIpc) is 2.45. The van der Waals surface area contributed by atoms with Crippen LogP contribution in [-0.2, 0) is 11.2 Å². The lowest BCUT2D eigenvalue weighted by atomic mass is 10.0. The monoisotopic (exact) mass is 263 g/mol. The van der Waals surface area contributed by atoms with Crippen LogP contribution in [-0.4, -0.2) is 38.7 Å². The molecule has 0 aliphatic carbocycles. The van der Waals surface area contributed by atoms with Gasteiger partial charge in [0.1, 0.15) is 5.95 Å². The van der Waals surface area contributed by atoms with Gasteiger partial charge in [0, 0.05) is 12.0 Å². The normalized spacial score (nSPS) is 14.5. The molecule has 0 radical (unpaired) electrons. The summed E-state index contributed by atoms with van der Waals surface area (Å²) in [6.45, 7) is 0.734. The van der Waals surface area contributed by atoms with Gasteiger partial charge in [-0.25, -0.2) is 4.58 Å². The summed E-state index contributed by atoms with van der Waals surface area (Å²) in [5.41, 5.74) is 2.19. The van der Waals surface area contributed by atoms with Crippen molar-refractivity contribution in [3.63, 3.8) is 0 Å². The maximum absolute atomic E-state index is 11.2. The van der Waals surface area contributed by atoms with Gasteiger partial charge in [0.25, 0.3) is 0 Å². The molecule has 1 aromatic carbocycles. The maximum atomic E-state index is 11.2. The highest BCUT2D eigenvalue weighted by atomic mass is 16.6. The smallest absolute Gasteiger partial charge is 0.190 e. The van der Waals surface area contributed by atoms with Gasteiger partial charge in [-0.1, -0.05) is 0 Å². The molecular weight excluding hydrogens is 246 g/mol. The Bertz CT molecular complexity index is 534. The molecule has 0 bridgehead atoms. The summed E-state index contributed by atoms with van der Waals surface area (Å²) in [4.78, 5) is 0. The molecule has 2 rings (SSSR count). The fourth-order valence-corrected chi connectivity index (χ4v) is 2.06. The van der Waals surface area contributed by atoms with Gasteiger partial charge in [-0.15, -0.1) is 0 Å². The van der Waals surface area contributed by atoms with E-state index in [1.54, 1.807) is 14.2 Å². The van der Waals surface area contributed by atoms with Crippen LogP contribution in [0.5, 0.6) is 11.5 Å². The minimum atomic E-state index is -0.361. The Hall–Kier alpha value is -2.17. The van der Waals surface area contributed by atoms with E-state index in [1.807, 2.05) is 22.9 Å². The minimum Gasteiger partial charge on any atom is -0.613 e. The standard InChI is InChI=1S/C14H17NO4/c1-17-12-6-10-4-5-15(9-14(16)19-3)8-11(10)7-13(12)18-2/h6-9H,4-5H2,1-3H3/b14-9+. The van der Waals surface area contributed by atoms with Crippen molar-refractivity contribution in [1.29, 1.82) is 0 Å². The van der Waals surface area contributed by atoms with Crippen molar-refractivity contribution >= 4 is 6.21 Å². The van der Waals surface area contributed by atoms with E-state index in [0.29, 0.717) is 5.75 Å². The molecule has 0 atom stereocenters. The first-order valence-corrected chi connectivity index (χ1v) is 5.96. The van der Waals surface area contributed by atoms with Crippen molar-refractivity contribution < 1.29 is 23.9 Å². The number of ether oxygens (including phenoxy) is 3. The van der Waals surface area contributed by atoms with E-state index in [1.165, 1.54) is 18.9 Å². The van der Waals surface area contributed by atoms with E-state index in [9.17, 15) is 5.11 Å². The van der Waals surface area contributed by atoms with E-state index in [4.69, 9.17) is 9.47 Å². The van der Waals surface area contributed by atoms with Gasteiger partial charge in [-0.2, -0.15) is 0 Å². The number of hydrogen-bond acceptors (Lipinski definition) is 4. The van der Waals surface area contributed by atoms with Crippen LogP contribution in [0.25, 0.3) is 0 Å². The Kier molecular flexibility index (Phi) is 3.94. The highest BCUT2D eigenvalue weighted by Crippen LogP contribution is 2.31. The molecule has 0 unspecified atom stereocenters. The van der Waals surface area contributed by atoms with Gasteiger partial charge in [0.05, 0.1) is 14.2 Å². The summed E-state index contributed by atoms with van der Waals surface area (Å²) >= 11 is 0. The number of benzene rings is 1. The number of methoxy groups -OCH3 is 3. The molecule has 0 saturated carbocycles. The van der Waals surface area contributed by atoms with Crippen LogP contribution in [0.3, 0.4) is 0 Å². The number of hydrogen-bond donors (Lipinski definition) is 0. The summed E-state index contributed by atoms with van der Waals surface area (Å²) in [5.74, 6) is 1.04. The molecule has 0 saturated heterocycles. The van der Waals surface area contributed by atoms with Crippen LogP contribution < -0.4 is 14.6 Å². The van der Waals surface area contributed by atoms with Gasteiger partial charge in [-0.05, 0) is 24.8 Å². The summed E-state index contributed by atoms with van der Waals surface area (Å²) in [6.07, 6.45) is 4.18. The molecule has 19 heavy (non-hydrogen) atoms. The van der Waals surface area contributed by atoms with Crippen LogP contribution in [0.2, 0.25) is 0 Å². The van der Waals surface area contributed by atoms with Crippen LogP contribution in [0.1, 0.15) is 11.1 Å². The Labute approximate surface area is 112 Å². The fourth-order valence-electron chi connectivity index (χ4n) is 2.06. The minimum absolute atomic E-state index is 0.361. The Morgan fingerprint density at radius 1 is 1.21 bits per heavy atom. The third-order valence-electron chi connectivity index (χ3n) is 3.06. The van der Waals surface area contributed by atoms with Crippen molar-refractivity contribution in [3.05, 3.63) is 35.4 Å². The molecular formula is C14H17NO4. The first-order valence-electron chi connectivity index (χ1n) is 5.96. The topological polar surface area (TPSA) is 53.8 Å². The highest BCUT2D eigenvalue weighted by Gasteiger charge is 2.18. The maximum Gasteiger partial charge on any atom is 0.190 e. The molecule has 1 aliphatic heterocycles. The predicted molar refractivity (Wildman–Crippen MR) is 68.6 cm³/mol. The Morgan fingerprint density at radius 2 is 1.89 bits per heavy atom. The lowest BCUT2D eigenvalue weighted by Crippen LogP contribution is -2.21. The molecule has 1 aromatic rings. The Morgan fingerprint density at radius 3 is 2.53 bits per heavy atom. The highest BCUT2D eigenvalue weighted by molar-refractivity contribution is 5.80. The summed E-state index contributed by atoms with van der Waals surface area (Å²) in [7, 11) is 4.59. The van der Waals surface area contributed by atoms with Crippen LogP contribution in [0.4, 0.5) is 0 Å². The fraction of sp³-hybridized carbons (Fsp3) is 0.357. The quantitative estimate of drug-likeness (QED) is 0.586. The summed E-state index contributed by atoms with van der Waals surface area (Å²) < 4.78 is 17.0. The number of nitrogens with zero attached hydrogens (tertiary/aromatic N) is 1. The van der Waals surface area contributed by atoms with E-state index in [2.05, 4.69) is 4.74 Å². The van der Waals surface area contributed by atoms with Crippen molar-refractivity contribution in [1.82, 2.24) is 0 Å². The first kappa shape index (κ1) is 13.3. The molecule has 5 nitrogen and oxygen atoms in total. The van der Waals surface area contributed by atoms with Gasteiger partial charge >= 0.3 is 0 Å². The zero-order valence-electron chi connectivity index (χ0n) is 11.3. The average molecular weight is 263 g/mol. The number of fused-ring (bicyclic) bond motifs is 1. The molecule has 0 fully saturated rings. The van der Waals surface area contributed by atoms with Crippen molar-refractivity contribution in [2.45, 2.75) is 6.42 Å². The lowest BCUT2D eigenvalue weighted by Gasteiger charge is -2.15. The van der Waals surface area contributed by atoms with Crippen molar-refractivity contribution in [3.8, 4) is 11.5 Å². The van der Waals surface area contributed by atoms with Crippen LogP contribution >= 0.6 is 0 Å². The second-order valence-corrected chi connectivity index (χ2v) is 4.18. The van der Waals surface area contributed by atoms with E-state index < -0.39 is 0 Å². The number of rotatable bonds is 4. The zero-order chi connectivity index (χ0) is 13.8. The van der Waals surface area contributed by atoms with Crippen LogP contribution in [0.15, 0.2) is 24.3 Å². The summed E-state index contributed by atoms with van der Waals surface area (Å²) in [5, 5.41) is 11.2. The molecule has 0 spiro atoms. The molecule has 0 N–H and O–H groups in total. The van der Waals surface area contributed by atoms with Crippen molar-refractivity contribution in [2.24, 2.45) is 0 Å².